The topological polar surface area (TPSA) is 49.3 Å². The molecule has 3 unspecified atom stereocenters. The SMILES string of the molecule is CCNC(=NCC(c1cccs1)N1CCCC1)N1CCOC(C2CCCO2)C1. The van der Waals surface area contributed by atoms with E-state index in [1.54, 1.807) is 0 Å². The van der Waals surface area contributed by atoms with Crippen LogP contribution in [0.2, 0.25) is 0 Å². The molecule has 4 heterocycles. The van der Waals surface area contributed by atoms with Gasteiger partial charge in [0.25, 0.3) is 0 Å². The number of nitrogens with zero attached hydrogens (tertiary/aromatic N) is 3. The van der Waals surface area contributed by atoms with Crippen LogP contribution in [0.15, 0.2) is 22.5 Å². The predicted molar refractivity (Wildman–Crippen MR) is 114 cm³/mol. The zero-order chi connectivity index (χ0) is 19.2. The molecule has 0 saturated carbocycles. The highest BCUT2D eigenvalue weighted by Gasteiger charge is 2.32. The number of thiophene rings is 1. The summed E-state index contributed by atoms with van der Waals surface area (Å²) in [6.45, 7) is 9.59. The number of nitrogens with one attached hydrogen (secondary N) is 1. The van der Waals surface area contributed by atoms with Crippen LogP contribution in [0, 0.1) is 0 Å². The summed E-state index contributed by atoms with van der Waals surface area (Å²) in [6, 6.07) is 4.82. The standard InChI is InChI=1S/C21H34N4O2S/c1-2-22-21(25-11-13-27-19(16-25)18-7-5-12-26-18)23-15-17(20-8-6-14-28-20)24-9-3-4-10-24/h6,8,14,17-19H,2-5,7,9-13,15-16H2,1H3,(H,22,23). The minimum Gasteiger partial charge on any atom is -0.375 e. The molecule has 1 aromatic rings. The van der Waals surface area contributed by atoms with Crippen LogP contribution in [0.25, 0.3) is 0 Å². The van der Waals surface area contributed by atoms with E-state index in [9.17, 15) is 0 Å². The van der Waals surface area contributed by atoms with Crippen molar-refractivity contribution in [3.05, 3.63) is 22.4 Å². The van der Waals surface area contributed by atoms with E-state index >= 15 is 0 Å². The van der Waals surface area contributed by atoms with Crippen LogP contribution in [0.5, 0.6) is 0 Å². The second-order valence-corrected chi connectivity index (χ2v) is 8.85. The second kappa shape index (κ2) is 10.1. The number of rotatable bonds is 6. The summed E-state index contributed by atoms with van der Waals surface area (Å²) in [6.07, 6.45) is 5.27. The number of likely N-dealkylation sites (tertiary alicyclic amines) is 1. The van der Waals surface area contributed by atoms with Crippen molar-refractivity contribution in [2.45, 2.75) is 50.9 Å². The third kappa shape index (κ3) is 4.87. The molecular weight excluding hydrogens is 372 g/mol. The molecule has 1 N–H and O–H groups in total. The lowest BCUT2D eigenvalue weighted by atomic mass is 10.1. The van der Waals surface area contributed by atoms with Crippen molar-refractivity contribution in [2.24, 2.45) is 4.99 Å². The van der Waals surface area contributed by atoms with Crippen LogP contribution >= 0.6 is 11.3 Å². The van der Waals surface area contributed by atoms with Crippen LogP contribution < -0.4 is 5.32 Å². The van der Waals surface area contributed by atoms with Gasteiger partial charge in [-0.25, -0.2) is 0 Å². The molecule has 3 saturated heterocycles. The molecular formula is C21H34N4O2S. The van der Waals surface area contributed by atoms with Gasteiger partial charge in [-0.2, -0.15) is 0 Å². The summed E-state index contributed by atoms with van der Waals surface area (Å²) >= 11 is 1.85. The molecule has 0 spiro atoms. The van der Waals surface area contributed by atoms with Gasteiger partial charge in [0, 0.05) is 31.1 Å². The molecule has 0 aliphatic carbocycles. The van der Waals surface area contributed by atoms with E-state index < -0.39 is 0 Å². The van der Waals surface area contributed by atoms with Crippen molar-refractivity contribution in [2.75, 3.05) is 52.5 Å². The maximum atomic E-state index is 6.03. The number of aliphatic imine (C=N–C) groups is 1. The molecule has 156 valence electrons. The lowest BCUT2D eigenvalue weighted by Crippen LogP contribution is -2.53. The maximum absolute atomic E-state index is 6.03. The first-order chi connectivity index (χ1) is 13.8. The minimum atomic E-state index is 0.159. The molecule has 3 aliphatic heterocycles. The Morgan fingerprint density at radius 3 is 2.79 bits per heavy atom. The van der Waals surface area contributed by atoms with E-state index in [1.807, 2.05) is 11.3 Å². The molecule has 6 nitrogen and oxygen atoms in total. The van der Waals surface area contributed by atoms with Gasteiger partial charge in [0.15, 0.2) is 5.96 Å². The molecule has 1 aromatic heterocycles. The Hall–Kier alpha value is -1.15. The highest BCUT2D eigenvalue weighted by molar-refractivity contribution is 7.10. The van der Waals surface area contributed by atoms with Gasteiger partial charge in [-0.1, -0.05) is 6.07 Å². The number of morpholine rings is 1. The zero-order valence-electron chi connectivity index (χ0n) is 17.0. The highest BCUT2D eigenvalue weighted by Crippen LogP contribution is 2.29. The third-order valence-corrected chi connectivity index (χ3v) is 6.95. The van der Waals surface area contributed by atoms with Crippen molar-refractivity contribution < 1.29 is 9.47 Å². The van der Waals surface area contributed by atoms with Crippen molar-refractivity contribution >= 4 is 17.3 Å². The summed E-state index contributed by atoms with van der Waals surface area (Å²) in [5, 5.41) is 5.70. The van der Waals surface area contributed by atoms with Crippen molar-refractivity contribution in [1.82, 2.24) is 15.1 Å². The van der Waals surface area contributed by atoms with Crippen LogP contribution in [0.4, 0.5) is 0 Å². The molecule has 4 rings (SSSR count). The van der Waals surface area contributed by atoms with Gasteiger partial charge in [0.1, 0.15) is 6.10 Å². The molecule has 28 heavy (non-hydrogen) atoms. The molecule has 0 aromatic carbocycles. The third-order valence-electron chi connectivity index (χ3n) is 5.97. The Morgan fingerprint density at radius 1 is 1.21 bits per heavy atom. The largest absolute Gasteiger partial charge is 0.375 e. The number of hydrogen-bond acceptors (Lipinski definition) is 5. The first kappa shape index (κ1) is 20.1. The molecule has 3 atom stereocenters. The molecule has 0 bridgehead atoms. The highest BCUT2D eigenvalue weighted by atomic mass is 32.1. The average molecular weight is 407 g/mol. The summed E-state index contributed by atoms with van der Waals surface area (Å²) < 4.78 is 11.9. The van der Waals surface area contributed by atoms with Crippen molar-refractivity contribution in [3.63, 3.8) is 0 Å². The van der Waals surface area contributed by atoms with Crippen molar-refractivity contribution in [1.29, 1.82) is 0 Å². The lowest BCUT2D eigenvalue weighted by molar-refractivity contribution is -0.0817. The first-order valence-electron chi connectivity index (χ1n) is 10.9. The van der Waals surface area contributed by atoms with Crippen LogP contribution in [0.1, 0.15) is 43.5 Å². The smallest absolute Gasteiger partial charge is 0.194 e. The Kier molecular flexibility index (Phi) is 7.23. The fourth-order valence-corrected chi connectivity index (χ4v) is 5.36. The number of hydrogen-bond donors (Lipinski definition) is 1. The van der Waals surface area contributed by atoms with Gasteiger partial charge < -0.3 is 19.7 Å². The minimum absolute atomic E-state index is 0.159. The summed E-state index contributed by atoms with van der Waals surface area (Å²) in [5.74, 6) is 1.02. The van der Waals surface area contributed by atoms with Gasteiger partial charge >= 0.3 is 0 Å². The first-order valence-corrected chi connectivity index (χ1v) is 11.8. The van der Waals surface area contributed by atoms with Crippen LogP contribution in [-0.4, -0.2) is 80.4 Å². The Bertz CT molecular complexity index is 612. The molecule has 3 fully saturated rings. The monoisotopic (exact) mass is 406 g/mol. The normalized spacial score (nSPS) is 28.0. The molecule has 7 heteroatoms. The summed E-state index contributed by atoms with van der Waals surface area (Å²) in [4.78, 5) is 11.5. The quantitative estimate of drug-likeness (QED) is 0.582. The van der Waals surface area contributed by atoms with Gasteiger partial charge in [0.2, 0.25) is 0 Å². The summed E-state index contributed by atoms with van der Waals surface area (Å²) in [7, 11) is 0. The van der Waals surface area contributed by atoms with E-state index in [1.165, 1.54) is 30.8 Å². The average Bonchev–Trinajstić information content (AvgIpc) is 3.51. The van der Waals surface area contributed by atoms with Gasteiger partial charge in [-0.15, -0.1) is 11.3 Å². The maximum Gasteiger partial charge on any atom is 0.194 e. The number of guanidine groups is 1. The summed E-state index contributed by atoms with van der Waals surface area (Å²) in [5.41, 5.74) is 0. The second-order valence-electron chi connectivity index (χ2n) is 7.88. The lowest BCUT2D eigenvalue weighted by Gasteiger charge is -2.37. The molecule has 0 amide bonds. The zero-order valence-corrected chi connectivity index (χ0v) is 17.8. The van der Waals surface area contributed by atoms with Gasteiger partial charge in [-0.05, 0) is 57.1 Å². The van der Waals surface area contributed by atoms with Crippen LogP contribution in [0.3, 0.4) is 0 Å². The Balaban J connectivity index is 1.45. The van der Waals surface area contributed by atoms with E-state index in [2.05, 4.69) is 39.6 Å². The Labute approximate surface area is 172 Å². The fraction of sp³-hybridized carbons (Fsp3) is 0.762. The Morgan fingerprint density at radius 2 is 2.07 bits per heavy atom. The van der Waals surface area contributed by atoms with E-state index in [4.69, 9.17) is 14.5 Å². The van der Waals surface area contributed by atoms with Crippen LogP contribution in [-0.2, 0) is 9.47 Å². The van der Waals surface area contributed by atoms with Gasteiger partial charge in [-0.3, -0.25) is 9.89 Å². The predicted octanol–water partition coefficient (Wildman–Crippen LogP) is 2.73. The van der Waals surface area contributed by atoms with E-state index in [0.717, 1.165) is 58.2 Å². The fourth-order valence-electron chi connectivity index (χ4n) is 4.51. The number of ether oxygens (including phenoxy) is 2. The molecule has 0 radical (unpaired) electrons. The van der Waals surface area contributed by atoms with E-state index in [0.29, 0.717) is 6.04 Å². The van der Waals surface area contributed by atoms with Gasteiger partial charge in [0.05, 0.1) is 25.3 Å². The van der Waals surface area contributed by atoms with E-state index in [-0.39, 0.29) is 12.2 Å². The molecule has 3 aliphatic rings. The van der Waals surface area contributed by atoms with Crippen molar-refractivity contribution in [3.8, 4) is 0 Å².